The van der Waals surface area contributed by atoms with Gasteiger partial charge in [0.2, 0.25) is 0 Å². The maximum atomic E-state index is 14.5. The molecule has 0 heterocycles. The number of hydrogen-bond acceptors (Lipinski definition) is 4. The Morgan fingerprint density at radius 3 is 2.28 bits per heavy atom. The summed E-state index contributed by atoms with van der Waals surface area (Å²) in [6.45, 7) is 0.286. The fourth-order valence-corrected chi connectivity index (χ4v) is 4.46. The number of carbonyl (C=O) groups excluding carboxylic acids is 2. The van der Waals surface area contributed by atoms with Crippen LogP contribution in [-0.4, -0.2) is 42.1 Å². The van der Waals surface area contributed by atoms with Gasteiger partial charge in [0.1, 0.15) is 11.6 Å². The predicted molar refractivity (Wildman–Crippen MR) is 134 cm³/mol. The molecule has 188 valence electrons. The maximum absolute atomic E-state index is 14.5. The number of aliphatic carboxylic acids is 1. The van der Waals surface area contributed by atoms with Crippen molar-refractivity contribution in [2.24, 2.45) is 5.92 Å². The Labute approximate surface area is 212 Å². The van der Waals surface area contributed by atoms with Gasteiger partial charge in [0.15, 0.2) is 0 Å². The quantitative estimate of drug-likeness (QED) is 0.375. The van der Waals surface area contributed by atoms with Crippen molar-refractivity contribution in [1.82, 2.24) is 10.6 Å². The molecule has 0 unspecified atom stereocenters. The number of benzene rings is 3. The van der Waals surface area contributed by atoms with E-state index in [-0.39, 0.29) is 36.6 Å². The molecule has 3 aromatic carbocycles. The lowest BCUT2D eigenvalue weighted by molar-refractivity contribution is -0.143. The van der Waals surface area contributed by atoms with Crippen LogP contribution >= 0.6 is 11.6 Å². The number of amides is 2. The third-order valence-corrected chi connectivity index (χ3v) is 6.51. The van der Waals surface area contributed by atoms with E-state index in [1.807, 2.05) is 12.1 Å². The molecule has 0 bridgehead atoms. The van der Waals surface area contributed by atoms with E-state index in [1.54, 1.807) is 24.3 Å². The van der Waals surface area contributed by atoms with Gasteiger partial charge in [-0.15, -0.1) is 0 Å². The first-order chi connectivity index (χ1) is 17.3. The molecule has 1 saturated carbocycles. The minimum atomic E-state index is -0.798. The number of carboxylic acid groups (broad SMARTS) is 1. The number of fused-ring (bicyclic) bond motifs is 1. The van der Waals surface area contributed by atoms with Crippen LogP contribution in [0.3, 0.4) is 0 Å². The van der Waals surface area contributed by atoms with Gasteiger partial charge in [-0.25, -0.2) is 4.39 Å². The van der Waals surface area contributed by atoms with Gasteiger partial charge in [0, 0.05) is 29.7 Å². The van der Waals surface area contributed by atoms with Crippen molar-refractivity contribution in [1.29, 1.82) is 0 Å². The van der Waals surface area contributed by atoms with E-state index in [4.69, 9.17) is 21.4 Å². The molecule has 0 aromatic heterocycles. The number of hydrogen-bond donors (Lipinski definition) is 3. The molecule has 4 rings (SSSR count). The van der Waals surface area contributed by atoms with Crippen molar-refractivity contribution in [3.8, 4) is 5.75 Å². The minimum Gasteiger partial charge on any atom is -0.490 e. The lowest BCUT2D eigenvalue weighted by Gasteiger charge is -2.26. The highest BCUT2D eigenvalue weighted by molar-refractivity contribution is 6.31. The molecule has 9 heteroatoms. The Balaban J connectivity index is 1.24. The number of carboxylic acids is 1. The molecule has 0 aliphatic heterocycles. The van der Waals surface area contributed by atoms with Crippen LogP contribution in [-0.2, 0) is 4.79 Å². The van der Waals surface area contributed by atoms with Gasteiger partial charge in [0.05, 0.1) is 17.6 Å². The first kappa shape index (κ1) is 25.4. The molecule has 3 aromatic rings. The third kappa shape index (κ3) is 6.31. The van der Waals surface area contributed by atoms with Gasteiger partial charge in [-0.3, -0.25) is 14.4 Å². The molecule has 0 atom stereocenters. The Bertz CT molecular complexity index is 1290. The smallest absolute Gasteiger partial charge is 0.306 e. The van der Waals surface area contributed by atoms with Crippen molar-refractivity contribution < 1.29 is 28.6 Å². The van der Waals surface area contributed by atoms with Gasteiger partial charge < -0.3 is 20.5 Å². The zero-order valence-electron chi connectivity index (χ0n) is 19.4. The molecule has 3 N–H and O–H groups in total. The Morgan fingerprint density at radius 1 is 0.889 bits per heavy atom. The van der Waals surface area contributed by atoms with E-state index >= 15 is 0 Å². The van der Waals surface area contributed by atoms with Crippen LogP contribution in [0.4, 0.5) is 4.39 Å². The Morgan fingerprint density at radius 2 is 1.58 bits per heavy atom. The van der Waals surface area contributed by atoms with Crippen LogP contribution in [0.15, 0.2) is 54.6 Å². The summed E-state index contributed by atoms with van der Waals surface area (Å²) in [6, 6.07) is 14.8. The molecule has 1 aliphatic rings. The third-order valence-electron chi connectivity index (χ3n) is 6.27. The van der Waals surface area contributed by atoms with Crippen molar-refractivity contribution in [2.45, 2.75) is 31.8 Å². The summed E-state index contributed by atoms with van der Waals surface area (Å²) in [7, 11) is 0. The molecule has 0 saturated heterocycles. The average Bonchev–Trinajstić information content (AvgIpc) is 2.86. The average molecular weight is 513 g/mol. The van der Waals surface area contributed by atoms with Crippen LogP contribution in [0.1, 0.15) is 46.4 Å². The summed E-state index contributed by atoms with van der Waals surface area (Å²) in [6.07, 6.45) is 2.03. The molecule has 1 aliphatic carbocycles. The molecular weight excluding hydrogens is 487 g/mol. The molecule has 7 nitrogen and oxygen atoms in total. The summed E-state index contributed by atoms with van der Waals surface area (Å²) in [5.41, 5.74) is 0.337. The number of carbonyl (C=O) groups is 3. The van der Waals surface area contributed by atoms with Gasteiger partial charge >= 0.3 is 5.97 Å². The lowest BCUT2D eigenvalue weighted by Crippen LogP contribution is -2.35. The SMILES string of the molecule is O=C(NCCNC(=O)c1ccc(O[C@H]2CC[C@@H](C(=O)O)CC2)cc1F)c1ccc2ccc(Cl)cc2c1. The highest BCUT2D eigenvalue weighted by Gasteiger charge is 2.27. The van der Waals surface area contributed by atoms with Crippen molar-refractivity contribution in [3.63, 3.8) is 0 Å². The monoisotopic (exact) mass is 512 g/mol. The lowest BCUT2D eigenvalue weighted by atomic mass is 9.87. The zero-order chi connectivity index (χ0) is 25.7. The second-order valence-electron chi connectivity index (χ2n) is 8.79. The Hall–Kier alpha value is -3.65. The fraction of sp³-hybridized carbons (Fsp3) is 0.296. The van der Waals surface area contributed by atoms with E-state index in [2.05, 4.69) is 10.6 Å². The van der Waals surface area contributed by atoms with Gasteiger partial charge in [0.25, 0.3) is 11.8 Å². The molecule has 0 radical (unpaired) electrons. The highest BCUT2D eigenvalue weighted by Crippen LogP contribution is 2.28. The van der Waals surface area contributed by atoms with Gasteiger partial charge in [-0.05, 0) is 72.9 Å². The highest BCUT2D eigenvalue weighted by atomic mass is 35.5. The van der Waals surface area contributed by atoms with Crippen LogP contribution in [0.5, 0.6) is 5.75 Å². The van der Waals surface area contributed by atoms with Crippen molar-refractivity contribution in [3.05, 3.63) is 76.6 Å². The van der Waals surface area contributed by atoms with E-state index < -0.39 is 17.7 Å². The zero-order valence-corrected chi connectivity index (χ0v) is 20.2. The number of halogens is 2. The standard InChI is InChI=1S/C27H26ClFN2O5/c28-20-6-3-16-1-2-18(13-19(16)14-20)25(32)30-11-12-31-26(33)23-10-9-22(15-24(23)29)36-21-7-4-17(5-8-21)27(34)35/h1-3,6,9-10,13-15,17,21H,4-5,7-8,11-12H2,(H,30,32)(H,31,33)(H,34,35)/t17-,21+. The Kier molecular flexibility index (Phi) is 8.05. The van der Waals surface area contributed by atoms with Crippen molar-refractivity contribution >= 4 is 40.2 Å². The predicted octanol–water partition coefficient (Wildman–Crippen LogP) is 4.81. The van der Waals surface area contributed by atoms with Gasteiger partial charge in [-0.1, -0.05) is 23.7 Å². The number of ether oxygens (including phenoxy) is 1. The van der Waals surface area contributed by atoms with Gasteiger partial charge in [-0.2, -0.15) is 0 Å². The molecular formula is C27H26ClFN2O5. The summed E-state index contributed by atoms with van der Waals surface area (Å²) >= 11 is 6.02. The van der Waals surface area contributed by atoms with E-state index in [1.165, 1.54) is 12.1 Å². The topological polar surface area (TPSA) is 105 Å². The van der Waals surface area contributed by atoms with E-state index in [9.17, 15) is 18.8 Å². The largest absolute Gasteiger partial charge is 0.490 e. The van der Waals surface area contributed by atoms with E-state index in [0.29, 0.717) is 42.0 Å². The van der Waals surface area contributed by atoms with E-state index in [0.717, 1.165) is 16.8 Å². The number of rotatable bonds is 8. The molecule has 0 spiro atoms. The first-order valence-corrected chi connectivity index (χ1v) is 12.1. The van der Waals surface area contributed by atoms with Crippen LogP contribution in [0.2, 0.25) is 5.02 Å². The van der Waals surface area contributed by atoms with Crippen molar-refractivity contribution in [2.75, 3.05) is 13.1 Å². The fourth-order valence-electron chi connectivity index (χ4n) is 4.28. The number of nitrogens with one attached hydrogen (secondary N) is 2. The second kappa shape index (κ2) is 11.4. The summed E-state index contributed by atoms with van der Waals surface area (Å²) in [5.74, 6) is -2.47. The van der Waals surface area contributed by atoms with Crippen LogP contribution in [0, 0.1) is 11.7 Å². The minimum absolute atomic E-state index is 0.120. The summed E-state index contributed by atoms with van der Waals surface area (Å²) < 4.78 is 20.3. The molecule has 1 fully saturated rings. The normalized spacial score (nSPS) is 17.4. The molecule has 36 heavy (non-hydrogen) atoms. The second-order valence-corrected chi connectivity index (χ2v) is 9.23. The summed E-state index contributed by atoms with van der Waals surface area (Å²) in [4.78, 5) is 35.9. The van der Waals surface area contributed by atoms with Crippen LogP contribution < -0.4 is 15.4 Å². The molecule has 2 amide bonds. The van der Waals surface area contributed by atoms with Crippen LogP contribution in [0.25, 0.3) is 10.8 Å². The maximum Gasteiger partial charge on any atom is 0.306 e. The first-order valence-electron chi connectivity index (χ1n) is 11.7. The summed E-state index contributed by atoms with van der Waals surface area (Å²) in [5, 5.41) is 16.8.